The summed E-state index contributed by atoms with van der Waals surface area (Å²) in [7, 11) is 1.68. The van der Waals surface area contributed by atoms with Gasteiger partial charge < -0.3 is 15.2 Å². The van der Waals surface area contributed by atoms with E-state index in [-0.39, 0.29) is 0 Å². The first-order valence-corrected chi connectivity index (χ1v) is 7.31. The lowest BCUT2D eigenvalue weighted by Gasteiger charge is -2.16. The quantitative estimate of drug-likeness (QED) is 0.828. The van der Waals surface area contributed by atoms with E-state index in [1.807, 2.05) is 12.1 Å². The minimum absolute atomic E-state index is 0.433. The normalized spacial score (nSPS) is 17.2. The molecule has 0 spiro atoms. The predicted octanol–water partition coefficient (Wildman–Crippen LogP) is 3.39. The number of benzene rings is 1. The first-order valence-electron chi connectivity index (χ1n) is 7.31. The number of nitrogens with two attached hydrogens (primary N) is 1. The Morgan fingerprint density at radius 3 is 2.53 bits per heavy atom. The standard InChI is InChI=1S/C16H25NO2/c1-18-16-10-13(8-9-14(16)11-17)12-19-15-6-4-2-3-5-7-15/h8-10,15H,2-7,11-12,17H2,1H3. The molecule has 0 amide bonds. The highest BCUT2D eigenvalue weighted by Gasteiger charge is 2.13. The highest BCUT2D eigenvalue weighted by Crippen LogP contribution is 2.23. The zero-order valence-corrected chi connectivity index (χ0v) is 11.9. The largest absolute Gasteiger partial charge is 0.496 e. The first-order chi connectivity index (χ1) is 9.33. The molecule has 0 saturated heterocycles. The van der Waals surface area contributed by atoms with Gasteiger partial charge in [0.2, 0.25) is 0 Å². The van der Waals surface area contributed by atoms with Crippen molar-refractivity contribution in [2.75, 3.05) is 7.11 Å². The van der Waals surface area contributed by atoms with Gasteiger partial charge in [0.1, 0.15) is 5.75 Å². The maximum absolute atomic E-state index is 6.04. The van der Waals surface area contributed by atoms with Gasteiger partial charge in [0.05, 0.1) is 19.8 Å². The molecule has 3 heteroatoms. The van der Waals surface area contributed by atoms with Gasteiger partial charge in [-0.2, -0.15) is 0 Å². The van der Waals surface area contributed by atoms with Crippen molar-refractivity contribution in [3.05, 3.63) is 29.3 Å². The Labute approximate surface area is 116 Å². The van der Waals surface area contributed by atoms with E-state index in [1.165, 1.54) is 44.1 Å². The van der Waals surface area contributed by atoms with Crippen molar-refractivity contribution >= 4 is 0 Å². The van der Waals surface area contributed by atoms with Crippen LogP contribution in [-0.2, 0) is 17.9 Å². The lowest BCUT2D eigenvalue weighted by molar-refractivity contribution is 0.0309. The fraction of sp³-hybridized carbons (Fsp3) is 0.625. The van der Waals surface area contributed by atoms with Crippen LogP contribution in [0.4, 0.5) is 0 Å². The van der Waals surface area contributed by atoms with E-state index in [1.54, 1.807) is 7.11 Å². The molecule has 1 fully saturated rings. The summed E-state index contributed by atoms with van der Waals surface area (Å²) in [5, 5.41) is 0. The van der Waals surface area contributed by atoms with Gasteiger partial charge in [-0.1, -0.05) is 37.8 Å². The number of hydrogen-bond acceptors (Lipinski definition) is 3. The fourth-order valence-corrected chi connectivity index (χ4v) is 2.67. The topological polar surface area (TPSA) is 44.5 Å². The Morgan fingerprint density at radius 2 is 1.89 bits per heavy atom. The van der Waals surface area contributed by atoms with E-state index in [0.717, 1.165) is 11.3 Å². The summed E-state index contributed by atoms with van der Waals surface area (Å²) in [6.45, 7) is 1.18. The fourth-order valence-electron chi connectivity index (χ4n) is 2.67. The number of rotatable bonds is 5. The third-order valence-corrected chi connectivity index (χ3v) is 3.86. The monoisotopic (exact) mass is 263 g/mol. The molecule has 106 valence electrons. The lowest BCUT2D eigenvalue weighted by Crippen LogP contribution is -2.11. The minimum Gasteiger partial charge on any atom is -0.496 e. The molecule has 0 atom stereocenters. The Balaban J connectivity index is 1.91. The molecule has 2 N–H and O–H groups in total. The van der Waals surface area contributed by atoms with Gasteiger partial charge in [-0.3, -0.25) is 0 Å². The molecule has 1 aliphatic carbocycles. The van der Waals surface area contributed by atoms with Gasteiger partial charge in [-0.05, 0) is 24.5 Å². The SMILES string of the molecule is COc1cc(COC2CCCCCC2)ccc1CN. The first kappa shape index (κ1) is 14.4. The second kappa shape index (κ2) is 7.51. The summed E-state index contributed by atoms with van der Waals surface area (Å²) in [6.07, 6.45) is 8.18. The van der Waals surface area contributed by atoms with Gasteiger partial charge in [0.15, 0.2) is 0 Å². The van der Waals surface area contributed by atoms with E-state index < -0.39 is 0 Å². The molecule has 0 bridgehead atoms. The third-order valence-electron chi connectivity index (χ3n) is 3.86. The minimum atomic E-state index is 0.433. The summed E-state index contributed by atoms with van der Waals surface area (Å²) < 4.78 is 11.4. The van der Waals surface area contributed by atoms with Crippen LogP contribution in [-0.4, -0.2) is 13.2 Å². The third kappa shape index (κ3) is 4.22. The molecule has 0 heterocycles. The smallest absolute Gasteiger partial charge is 0.123 e. The van der Waals surface area contributed by atoms with Crippen molar-refractivity contribution in [2.24, 2.45) is 5.73 Å². The molecule has 1 aromatic carbocycles. The molecule has 0 radical (unpaired) electrons. The second-order valence-corrected chi connectivity index (χ2v) is 5.27. The van der Waals surface area contributed by atoms with Gasteiger partial charge in [0, 0.05) is 12.1 Å². The maximum Gasteiger partial charge on any atom is 0.123 e. The Bertz CT molecular complexity index is 384. The van der Waals surface area contributed by atoms with Crippen LogP contribution in [0.15, 0.2) is 18.2 Å². The van der Waals surface area contributed by atoms with Crippen molar-refractivity contribution in [1.82, 2.24) is 0 Å². The zero-order chi connectivity index (χ0) is 13.5. The highest BCUT2D eigenvalue weighted by molar-refractivity contribution is 5.37. The van der Waals surface area contributed by atoms with Gasteiger partial charge in [-0.25, -0.2) is 0 Å². The average Bonchev–Trinajstić information content (AvgIpc) is 2.73. The summed E-state index contributed by atoms with van der Waals surface area (Å²) in [6, 6.07) is 6.16. The van der Waals surface area contributed by atoms with Crippen LogP contribution in [0.1, 0.15) is 49.7 Å². The van der Waals surface area contributed by atoms with Crippen LogP contribution in [0.25, 0.3) is 0 Å². The van der Waals surface area contributed by atoms with Gasteiger partial charge in [0.25, 0.3) is 0 Å². The van der Waals surface area contributed by atoms with Gasteiger partial charge >= 0.3 is 0 Å². The van der Waals surface area contributed by atoms with E-state index >= 15 is 0 Å². The number of methoxy groups -OCH3 is 1. The predicted molar refractivity (Wildman–Crippen MR) is 77.2 cm³/mol. The molecular weight excluding hydrogens is 238 g/mol. The molecule has 1 aromatic rings. The summed E-state index contributed by atoms with van der Waals surface area (Å²) in [5.74, 6) is 0.865. The summed E-state index contributed by atoms with van der Waals surface area (Å²) >= 11 is 0. The van der Waals surface area contributed by atoms with Crippen LogP contribution in [0.3, 0.4) is 0 Å². The van der Waals surface area contributed by atoms with Crippen molar-refractivity contribution < 1.29 is 9.47 Å². The Hall–Kier alpha value is -1.06. The molecule has 0 unspecified atom stereocenters. The van der Waals surface area contributed by atoms with Crippen LogP contribution in [0.2, 0.25) is 0 Å². The molecule has 2 rings (SSSR count). The van der Waals surface area contributed by atoms with E-state index in [0.29, 0.717) is 19.3 Å². The van der Waals surface area contributed by atoms with Crippen molar-refractivity contribution in [1.29, 1.82) is 0 Å². The average molecular weight is 263 g/mol. The molecular formula is C16H25NO2. The summed E-state index contributed by atoms with van der Waals surface area (Å²) in [5.41, 5.74) is 7.88. The molecule has 0 aromatic heterocycles. The van der Waals surface area contributed by atoms with E-state index in [4.69, 9.17) is 15.2 Å². The van der Waals surface area contributed by atoms with Crippen molar-refractivity contribution in [2.45, 2.75) is 57.8 Å². The molecule has 19 heavy (non-hydrogen) atoms. The number of ether oxygens (including phenoxy) is 2. The Morgan fingerprint density at radius 1 is 1.16 bits per heavy atom. The van der Waals surface area contributed by atoms with Crippen LogP contribution >= 0.6 is 0 Å². The van der Waals surface area contributed by atoms with Crippen molar-refractivity contribution in [3.63, 3.8) is 0 Å². The van der Waals surface area contributed by atoms with Crippen LogP contribution < -0.4 is 10.5 Å². The second-order valence-electron chi connectivity index (χ2n) is 5.27. The lowest BCUT2D eigenvalue weighted by atomic mass is 10.1. The maximum atomic E-state index is 6.04. The van der Waals surface area contributed by atoms with Crippen LogP contribution in [0, 0.1) is 0 Å². The molecule has 0 aliphatic heterocycles. The van der Waals surface area contributed by atoms with Crippen LogP contribution in [0.5, 0.6) is 5.75 Å². The highest BCUT2D eigenvalue weighted by atomic mass is 16.5. The molecule has 1 saturated carbocycles. The van der Waals surface area contributed by atoms with Crippen molar-refractivity contribution in [3.8, 4) is 5.75 Å². The number of hydrogen-bond donors (Lipinski definition) is 1. The van der Waals surface area contributed by atoms with E-state index in [9.17, 15) is 0 Å². The molecule has 3 nitrogen and oxygen atoms in total. The Kier molecular flexibility index (Phi) is 5.67. The van der Waals surface area contributed by atoms with Gasteiger partial charge in [-0.15, -0.1) is 0 Å². The zero-order valence-electron chi connectivity index (χ0n) is 11.9. The molecule has 1 aliphatic rings. The summed E-state index contributed by atoms with van der Waals surface area (Å²) in [4.78, 5) is 0. The van der Waals surface area contributed by atoms with E-state index in [2.05, 4.69) is 6.07 Å².